The lowest BCUT2D eigenvalue weighted by Gasteiger charge is -2.51. The van der Waals surface area contributed by atoms with Crippen LogP contribution in [0, 0.1) is 0 Å². The van der Waals surface area contributed by atoms with E-state index < -0.39 is 6.04 Å². The molecule has 0 aromatic heterocycles. The van der Waals surface area contributed by atoms with Gasteiger partial charge in [-0.1, -0.05) is 172 Å². The van der Waals surface area contributed by atoms with Crippen molar-refractivity contribution in [2.75, 3.05) is 14.7 Å². The van der Waals surface area contributed by atoms with E-state index in [0.29, 0.717) is 0 Å². The van der Waals surface area contributed by atoms with E-state index in [9.17, 15) is 0 Å². The van der Waals surface area contributed by atoms with Crippen molar-refractivity contribution in [3.8, 4) is 0 Å². The van der Waals surface area contributed by atoms with Crippen LogP contribution in [0.4, 0.5) is 51.2 Å². The highest BCUT2D eigenvalue weighted by Gasteiger charge is 2.51. The minimum Gasteiger partial charge on any atom is -0.309 e. The lowest BCUT2D eigenvalue weighted by molar-refractivity contribution is 0.601. The summed E-state index contributed by atoms with van der Waals surface area (Å²) in [7, 11) is 0. The number of nitrogens with zero attached hydrogens (tertiary/aromatic N) is 3. The van der Waals surface area contributed by atoms with Gasteiger partial charge in [0.05, 0.1) is 45.8 Å². The molecule has 3 aliphatic rings. The molecule has 0 bridgehead atoms. The zero-order chi connectivity index (χ0) is 44.5. The molecule has 0 N–H and O–H groups in total. The second-order valence-corrected chi connectivity index (χ2v) is 23.8. The first kappa shape index (κ1) is 37.7. The number of anilines is 9. The van der Waals surface area contributed by atoms with Crippen LogP contribution in [0.25, 0.3) is 64.6 Å². The molecule has 1 unspecified atom stereocenters. The number of hydrogen-bond donors (Lipinski definition) is 0. The van der Waals surface area contributed by atoms with Gasteiger partial charge in [-0.05, 0) is 126 Å². The van der Waals surface area contributed by atoms with Crippen LogP contribution in [-0.4, -0.2) is 0 Å². The van der Waals surface area contributed by atoms with E-state index in [1.807, 2.05) is 0 Å². The first-order chi connectivity index (χ1) is 32.8. The average molecular weight is 892 g/mol. The van der Waals surface area contributed by atoms with Gasteiger partial charge >= 0.3 is 0 Å². The van der Waals surface area contributed by atoms with Gasteiger partial charge in [0.1, 0.15) is 0 Å². The number of benzene rings is 12. The van der Waals surface area contributed by atoms with Gasteiger partial charge in [0, 0.05) is 38.1 Å². The molecule has 0 amide bonds. The summed E-state index contributed by atoms with van der Waals surface area (Å²) in [5.74, 6) is 0. The fourth-order valence-electron chi connectivity index (χ4n) is 12.5. The second kappa shape index (κ2) is 13.1. The molecule has 5 heteroatoms. The summed E-state index contributed by atoms with van der Waals surface area (Å²) in [6.07, 6.45) is 0. The molecule has 67 heavy (non-hydrogen) atoms. The van der Waals surface area contributed by atoms with Gasteiger partial charge in [-0.3, -0.25) is 0 Å². The maximum atomic E-state index is 7.64. The normalized spacial score (nSPS) is 16.0. The standard InChI is InChI=1S/C62H42N3PS/c1-62(2,3)57-45-18-6-8-20-47(45)58(48-21-9-7-19-46(48)57)65-53-26-12-23-50-60(53)66(67)59-49(63(50)43-33-32-37-14-4-5-15-40(37)34-43)22-11-24-51(59)64(52-25-13-27-54(65)61(52)66)44-35-41-30-28-38-16-10-17-39-29-31-42(36-44)56(41)55(38)39/h4-36H,1-3H3. The Kier molecular flexibility index (Phi) is 7.38. The van der Waals surface area contributed by atoms with E-state index in [2.05, 4.69) is 236 Å². The molecule has 0 fully saturated rings. The van der Waals surface area contributed by atoms with E-state index in [-0.39, 0.29) is 5.41 Å². The van der Waals surface area contributed by atoms with E-state index in [1.54, 1.807) is 0 Å². The van der Waals surface area contributed by atoms with Crippen LogP contribution in [-0.2, 0) is 17.2 Å². The summed E-state index contributed by atoms with van der Waals surface area (Å²) in [4.78, 5) is 7.67. The molecule has 0 radical (unpaired) electrons. The molecule has 0 spiro atoms. The van der Waals surface area contributed by atoms with E-state index in [4.69, 9.17) is 11.8 Å². The highest BCUT2D eigenvalue weighted by atomic mass is 32.4. The maximum Gasteiger partial charge on any atom is 0.0619 e. The van der Waals surface area contributed by atoms with Gasteiger partial charge in [0.25, 0.3) is 0 Å². The van der Waals surface area contributed by atoms with Gasteiger partial charge in [0.2, 0.25) is 0 Å². The molecule has 0 saturated heterocycles. The third-order valence-electron chi connectivity index (χ3n) is 14.9. The Hall–Kier alpha value is -7.49. The van der Waals surface area contributed by atoms with E-state index in [0.717, 1.165) is 45.5 Å². The Morgan fingerprint density at radius 1 is 0.343 bits per heavy atom. The van der Waals surface area contributed by atoms with E-state index >= 15 is 0 Å². The largest absolute Gasteiger partial charge is 0.309 e. The number of rotatable bonds is 3. The Morgan fingerprint density at radius 3 is 1.24 bits per heavy atom. The summed E-state index contributed by atoms with van der Waals surface area (Å²) in [5.41, 5.74) is 11.7. The van der Waals surface area contributed by atoms with Crippen molar-refractivity contribution < 1.29 is 0 Å². The van der Waals surface area contributed by atoms with Crippen molar-refractivity contribution in [2.45, 2.75) is 26.2 Å². The molecule has 3 aliphatic heterocycles. The van der Waals surface area contributed by atoms with Crippen LogP contribution >= 0.6 is 6.04 Å². The zero-order valence-corrected chi connectivity index (χ0v) is 39.0. The topological polar surface area (TPSA) is 9.72 Å². The van der Waals surface area contributed by atoms with Gasteiger partial charge in [-0.2, -0.15) is 0 Å². The molecule has 0 aliphatic carbocycles. The summed E-state index contributed by atoms with van der Waals surface area (Å²) < 4.78 is 0. The molecule has 15 rings (SSSR count). The highest BCUT2D eigenvalue weighted by molar-refractivity contribution is 8.26. The van der Waals surface area contributed by atoms with Gasteiger partial charge < -0.3 is 14.7 Å². The van der Waals surface area contributed by atoms with Gasteiger partial charge in [-0.25, -0.2) is 0 Å². The fourth-order valence-corrected chi connectivity index (χ4v) is 17.8. The monoisotopic (exact) mass is 891 g/mol. The van der Waals surface area contributed by atoms with Crippen molar-refractivity contribution in [3.05, 3.63) is 206 Å². The molecule has 3 heterocycles. The maximum absolute atomic E-state index is 7.64. The van der Waals surface area contributed by atoms with Gasteiger partial charge in [0.15, 0.2) is 0 Å². The summed E-state index contributed by atoms with van der Waals surface area (Å²) in [6.45, 7) is 7.05. The van der Waals surface area contributed by atoms with Gasteiger partial charge in [-0.15, -0.1) is 0 Å². The van der Waals surface area contributed by atoms with Crippen LogP contribution in [0.15, 0.2) is 200 Å². The summed E-state index contributed by atoms with van der Waals surface area (Å²) in [6, 6.07) is 72.5. The summed E-state index contributed by atoms with van der Waals surface area (Å²) in [5, 5.41) is 18.9. The second-order valence-electron chi connectivity index (χ2n) is 19.6. The quantitative estimate of drug-likeness (QED) is 0.0993. The number of hydrogen-bond acceptors (Lipinski definition) is 4. The van der Waals surface area contributed by atoms with Crippen LogP contribution in [0.5, 0.6) is 0 Å². The van der Waals surface area contributed by atoms with Crippen molar-refractivity contribution in [2.24, 2.45) is 0 Å². The molecular formula is C62H42N3PS. The first-order valence-electron chi connectivity index (χ1n) is 23.3. The van der Waals surface area contributed by atoms with E-state index in [1.165, 1.54) is 91.8 Å². The predicted octanol–water partition coefficient (Wildman–Crippen LogP) is 16.4. The van der Waals surface area contributed by atoms with Crippen LogP contribution in [0.1, 0.15) is 26.3 Å². The molecule has 0 saturated carbocycles. The Bertz CT molecular complexity index is 4100. The van der Waals surface area contributed by atoms with Crippen molar-refractivity contribution in [1.29, 1.82) is 0 Å². The Labute approximate surface area is 394 Å². The Morgan fingerprint density at radius 2 is 0.716 bits per heavy atom. The third-order valence-corrected chi connectivity index (χ3v) is 19.9. The minimum atomic E-state index is -2.76. The van der Waals surface area contributed by atoms with Crippen LogP contribution in [0.3, 0.4) is 0 Å². The lowest BCUT2D eigenvalue weighted by Crippen LogP contribution is -2.47. The zero-order valence-electron chi connectivity index (χ0n) is 37.2. The number of fused-ring (bicyclic) bond motifs is 3. The SMILES string of the molecule is CC(C)(C)c1c2ccccc2c(N2c3cccc4c3P3(=S)c5c(cccc5N(c5cc6ccc7cccc8ccc(c5)c6c78)c5cccc2c53)N4c2ccc3ccccc3c2)c2ccccc12. The minimum absolute atomic E-state index is 0.0953. The average Bonchev–Trinajstić information content (AvgIpc) is 3.35. The molecule has 1 atom stereocenters. The molecule has 12 aromatic carbocycles. The molecule has 12 aromatic rings. The third kappa shape index (κ3) is 4.84. The fraction of sp³-hybridized carbons (Fsp3) is 0.0645. The summed E-state index contributed by atoms with van der Waals surface area (Å²) >= 11 is 7.64. The predicted molar refractivity (Wildman–Crippen MR) is 292 cm³/mol. The molecule has 3 nitrogen and oxygen atoms in total. The van der Waals surface area contributed by atoms with Crippen molar-refractivity contribution >= 4 is 150 Å². The van der Waals surface area contributed by atoms with Crippen LogP contribution < -0.4 is 30.6 Å². The first-order valence-corrected chi connectivity index (χ1v) is 26.1. The Balaban J connectivity index is 1.10. The van der Waals surface area contributed by atoms with Crippen molar-refractivity contribution in [1.82, 2.24) is 0 Å². The smallest absolute Gasteiger partial charge is 0.0619 e. The van der Waals surface area contributed by atoms with Crippen LogP contribution in [0.2, 0.25) is 0 Å². The van der Waals surface area contributed by atoms with Crippen molar-refractivity contribution in [3.63, 3.8) is 0 Å². The molecule has 316 valence electrons. The molecular weight excluding hydrogens is 850 g/mol. The lowest BCUT2D eigenvalue weighted by atomic mass is 9.79. The highest BCUT2D eigenvalue weighted by Crippen LogP contribution is 2.68.